The van der Waals surface area contributed by atoms with E-state index in [9.17, 15) is 9.59 Å². The van der Waals surface area contributed by atoms with Gasteiger partial charge in [0.1, 0.15) is 11.3 Å². The second-order valence-electron chi connectivity index (χ2n) is 3.73. The van der Waals surface area contributed by atoms with E-state index in [-0.39, 0.29) is 23.7 Å². The molecule has 6 heteroatoms. The van der Waals surface area contributed by atoms with Gasteiger partial charge >= 0.3 is 5.97 Å². The first kappa shape index (κ1) is 11.7. The Hall–Kier alpha value is -1.82. The van der Waals surface area contributed by atoms with Crippen LogP contribution in [0.3, 0.4) is 0 Å². The molecular weight excluding hydrogens is 226 g/mol. The maximum absolute atomic E-state index is 11.9. The summed E-state index contributed by atoms with van der Waals surface area (Å²) in [6, 6.07) is 1.35. The lowest BCUT2D eigenvalue weighted by atomic mass is 10.2. The lowest BCUT2D eigenvalue weighted by molar-refractivity contribution is -0.134. The normalized spacial score (nSPS) is 15.9. The number of carboxylic acid groups (broad SMARTS) is 1. The maximum atomic E-state index is 11.9. The molecule has 0 aliphatic carbocycles. The molecule has 6 nitrogen and oxygen atoms in total. The van der Waals surface area contributed by atoms with Crippen molar-refractivity contribution in [2.24, 2.45) is 0 Å². The van der Waals surface area contributed by atoms with E-state index in [2.05, 4.69) is 0 Å². The quantitative estimate of drug-likeness (QED) is 0.824. The van der Waals surface area contributed by atoms with Crippen LogP contribution < -0.4 is 0 Å². The van der Waals surface area contributed by atoms with Crippen molar-refractivity contribution in [2.45, 2.75) is 6.42 Å². The van der Waals surface area contributed by atoms with Gasteiger partial charge in [0.05, 0.1) is 25.9 Å². The van der Waals surface area contributed by atoms with Crippen LogP contribution in [0.5, 0.6) is 0 Å². The predicted octanol–water partition coefficient (Wildman–Crippen LogP) is 0.379. The Labute approximate surface area is 97.8 Å². The zero-order valence-corrected chi connectivity index (χ0v) is 9.22. The third-order valence-corrected chi connectivity index (χ3v) is 2.65. The van der Waals surface area contributed by atoms with Crippen LogP contribution in [-0.2, 0) is 16.0 Å². The van der Waals surface area contributed by atoms with Crippen molar-refractivity contribution in [3.8, 4) is 0 Å². The summed E-state index contributed by atoms with van der Waals surface area (Å²) in [5.74, 6) is -1.01. The molecule has 1 saturated heterocycles. The van der Waals surface area contributed by atoms with Gasteiger partial charge in [0.25, 0.3) is 0 Å². The van der Waals surface area contributed by atoms with Gasteiger partial charge in [-0.3, -0.25) is 4.79 Å². The largest absolute Gasteiger partial charge is 0.478 e. The smallest absolute Gasteiger partial charge is 0.339 e. The number of amides is 1. The van der Waals surface area contributed by atoms with Crippen LogP contribution >= 0.6 is 0 Å². The van der Waals surface area contributed by atoms with Gasteiger partial charge in [-0.25, -0.2) is 4.79 Å². The van der Waals surface area contributed by atoms with Gasteiger partial charge < -0.3 is 19.2 Å². The molecule has 0 spiro atoms. The lowest BCUT2D eigenvalue weighted by Gasteiger charge is -2.26. The zero-order chi connectivity index (χ0) is 12.3. The minimum absolute atomic E-state index is 0.0192. The number of carbonyl (C=O) groups excluding carboxylic acids is 1. The standard InChI is InChI=1S/C11H13NO5/c13-10(12-2-5-16-6-3-12)7-9-8(11(14)15)1-4-17-9/h1,4H,2-3,5-7H2,(H,14,15). The Morgan fingerprint density at radius 2 is 2.06 bits per heavy atom. The van der Waals surface area contributed by atoms with E-state index in [1.807, 2.05) is 0 Å². The van der Waals surface area contributed by atoms with Crippen LogP contribution in [0.4, 0.5) is 0 Å². The van der Waals surface area contributed by atoms with Gasteiger partial charge in [-0.05, 0) is 6.07 Å². The fourth-order valence-electron chi connectivity index (χ4n) is 1.73. The Kier molecular flexibility index (Phi) is 3.43. The molecule has 0 saturated carbocycles. The summed E-state index contributed by atoms with van der Waals surface area (Å²) in [6.45, 7) is 2.13. The summed E-state index contributed by atoms with van der Waals surface area (Å²) in [5.41, 5.74) is 0.0478. The summed E-state index contributed by atoms with van der Waals surface area (Å²) in [4.78, 5) is 24.3. The molecule has 1 amide bonds. The number of aromatic carboxylic acids is 1. The summed E-state index contributed by atoms with van der Waals surface area (Å²) in [5, 5.41) is 8.87. The third-order valence-electron chi connectivity index (χ3n) is 2.65. The predicted molar refractivity (Wildman–Crippen MR) is 56.8 cm³/mol. The third kappa shape index (κ3) is 2.65. The van der Waals surface area contributed by atoms with Crippen LogP contribution in [0.15, 0.2) is 16.7 Å². The average molecular weight is 239 g/mol. The Balaban J connectivity index is 2.02. The average Bonchev–Trinajstić information content (AvgIpc) is 2.78. The number of nitrogens with zero attached hydrogens (tertiary/aromatic N) is 1. The molecule has 92 valence electrons. The molecule has 0 unspecified atom stereocenters. The molecule has 0 radical (unpaired) electrons. The van der Waals surface area contributed by atoms with Gasteiger partial charge in [-0.1, -0.05) is 0 Å². The number of rotatable bonds is 3. The minimum Gasteiger partial charge on any atom is -0.478 e. The first-order valence-corrected chi connectivity index (χ1v) is 5.33. The van der Waals surface area contributed by atoms with Crippen LogP contribution in [-0.4, -0.2) is 48.2 Å². The van der Waals surface area contributed by atoms with Crippen LogP contribution in [0.2, 0.25) is 0 Å². The highest BCUT2D eigenvalue weighted by Crippen LogP contribution is 2.13. The molecule has 1 aromatic heterocycles. The van der Waals surface area contributed by atoms with E-state index < -0.39 is 5.97 Å². The fraction of sp³-hybridized carbons (Fsp3) is 0.455. The molecule has 1 aliphatic rings. The summed E-state index contributed by atoms with van der Waals surface area (Å²) in [7, 11) is 0. The molecule has 0 aromatic carbocycles. The number of furan rings is 1. The topological polar surface area (TPSA) is 80.0 Å². The van der Waals surface area contributed by atoms with E-state index in [0.29, 0.717) is 26.3 Å². The zero-order valence-electron chi connectivity index (χ0n) is 9.22. The van der Waals surface area contributed by atoms with E-state index in [4.69, 9.17) is 14.3 Å². The van der Waals surface area contributed by atoms with Crippen molar-refractivity contribution in [1.29, 1.82) is 0 Å². The molecule has 1 N–H and O–H groups in total. The highest BCUT2D eigenvalue weighted by molar-refractivity contribution is 5.90. The molecule has 17 heavy (non-hydrogen) atoms. The van der Waals surface area contributed by atoms with Crippen molar-refractivity contribution in [3.63, 3.8) is 0 Å². The van der Waals surface area contributed by atoms with E-state index in [0.717, 1.165) is 0 Å². The van der Waals surface area contributed by atoms with Crippen LogP contribution in [0.25, 0.3) is 0 Å². The fourth-order valence-corrected chi connectivity index (χ4v) is 1.73. The van der Waals surface area contributed by atoms with Gasteiger partial charge in [-0.2, -0.15) is 0 Å². The second kappa shape index (κ2) is 5.01. The Bertz CT molecular complexity index is 419. The molecular formula is C11H13NO5. The second-order valence-corrected chi connectivity index (χ2v) is 3.73. The molecule has 1 aliphatic heterocycles. The SMILES string of the molecule is O=C(O)c1ccoc1CC(=O)N1CCOCC1. The van der Waals surface area contributed by atoms with Crippen molar-refractivity contribution in [2.75, 3.05) is 26.3 Å². The molecule has 2 rings (SSSR count). The van der Waals surface area contributed by atoms with Crippen molar-refractivity contribution >= 4 is 11.9 Å². The number of hydrogen-bond donors (Lipinski definition) is 1. The maximum Gasteiger partial charge on any atom is 0.339 e. The number of carbonyl (C=O) groups is 2. The van der Waals surface area contributed by atoms with E-state index in [1.165, 1.54) is 12.3 Å². The van der Waals surface area contributed by atoms with Gasteiger partial charge in [-0.15, -0.1) is 0 Å². The summed E-state index contributed by atoms with van der Waals surface area (Å²) in [6.07, 6.45) is 1.26. The van der Waals surface area contributed by atoms with E-state index in [1.54, 1.807) is 4.90 Å². The number of hydrogen-bond acceptors (Lipinski definition) is 4. The number of carboxylic acids is 1. The van der Waals surface area contributed by atoms with Crippen LogP contribution in [0, 0.1) is 0 Å². The Morgan fingerprint density at radius 3 is 2.71 bits per heavy atom. The van der Waals surface area contributed by atoms with Crippen molar-refractivity contribution < 1.29 is 23.8 Å². The number of morpholine rings is 1. The number of ether oxygens (including phenoxy) is 1. The molecule has 2 heterocycles. The van der Waals surface area contributed by atoms with Gasteiger partial charge in [0, 0.05) is 13.1 Å². The van der Waals surface area contributed by atoms with Gasteiger partial charge in [0.2, 0.25) is 5.91 Å². The molecule has 1 aromatic rings. The minimum atomic E-state index is -1.08. The Morgan fingerprint density at radius 1 is 1.35 bits per heavy atom. The first-order chi connectivity index (χ1) is 8.18. The summed E-state index contributed by atoms with van der Waals surface area (Å²) < 4.78 is 10.2. The van der Waals surface area contributed by atoms with Gasteiger partial charge in [0.15, 0.2) is 0 Å². The molecule has 0 bridgehead atoms. The lowest BCUT2D eigenvalue weighted by Crippen LogP contribution is -2.41. The first-order valence-electron chi connectivity index (χ1n) is 5.33. The van der Waals surface area contributed by atoms with Crippen molar-refractivity contribution in [1.82, 2.24) is 4.90 Å². The molecule has 0 atom stereocenters. The highest BCUT2D eigenvalue weighted by atomic mass is 16.5. The molecule has 1 fully saturated rings. The van der Waals surface area contributed by atoms with E-state index >= 15 is 0 Å². The van der Waals surface area contributed by atoms with Crippen LogP contribution in [0.1, 0.15) is 16.1 Å². The summed E-state index contributed by atoms with van der Waals surface area (Å²) >= 11 is 0. The van der Waals surface area contributed by atoms with Crippen molar-refractivity contribution in [3.05, 3.63) is 23.7 Å². The monoisotopic (exact) mass is 239 g/mol. The highest BCUT2D eigenvalue weighted by Gasteiger charge is 2.21.